The minimum atomic E-state index is -3.61. The summed E-state index contributed by atoms with van der Waals surface area (Å²) in [5.74, 6) is 0. The Labute approximate surface area is 136 Å². The average Bonchev–Trinajstić information content (AvgIpc) is 2.90. The second-order valence-corrected chi connectivity index (χ2v) is 8.59. The number of sulfonamides is 1. The van der Waals surface area contributed by atoms with Gasteiger partial charge in [-0.15, -0.1) is 11.3 Å². The zero-order chi connectivity index (χ0) is 15.0. The molecule has 0 fully saturated rings. The largest absolute Gasteiger partial charge is 0.399 e. The Morgan fingerprint density at radius 2 is 2.14 bits per heavy atom. The Morgan fingerprint density at radius 1 is 1.33 bits per heavy atom. The molecule has 1 aromatic carbocycles. The summed E-state index contributed by atoms with van der Waals surface area (Å²) in [4.78, 5) is 1.46. The molecule has 0 amide bonds. The fourth-order valence-corrected chi connectivity index (χ4v) is 5.82. The second-order valence-electron chi connectivity index (χ2n) is 5.06. The number of fused-ring (bicyclic) bond motifs is 1. The van der Waals surface area contributed by atoms with Gasteiger partial charge in [0, 0.05) is 21.1 Å². The molecular formula is C14H15BrN2O2S2. The number of anilines is 1. The number of benzene rings is 1. The summed E-state index contributed by atoms with van der Waals surface area (Å²) in [6.07, 6.45) is 2.86. The van der Waals surface area contributed by atoms with Crippen LogP contribution in [0.4, 0.5) is 5.69 Å². The van der Waals surface area contributed by atoms with Gasteiger partial charge in [0.25, 0.3) is 0 Å². The first-order valence-electron chi connectivity index (χ1n) is 6.61. The van der Waals surface area contributed by atoms with E-state index in [1.54, 1.807) is 23.5 Å². The number of nitrogens with two attached hydrogens (primary N) is 1. The molecule has 2 aromatic rings. The summed E-state index contributed by atoms with van der Waals surface area (Å²) in [5.41, 5.74) is 7.24. The number of hydrogen-bond donors (Lipinski definition) is 2. The number of nitrogen functional groups attached to an aromatic ring is 1. The first-order valence-corrected chi connectivity index (χ1v) is 9.76. The number of halogens is 1. The predicted molar refractivity (Wildman–Crippen MR) is 88.9 cm³/mol. The van der Waals surface area contributed by atoms with Crippen LogP contribution in [-0.4, -0.2) is 8.42 Å². The maximum Gasteiger partial charge on any atom is 0.242 e. The third kappa shape index (κ3) is 3.01. The van der Waals surface area contributed by atoms with Gasteiger partial charge in [0.05, 0.1) is 4.90 Å². The third-order valence-electron chi connectivity index (χ3n) is 3.59. The normalized spacial score (nSPS) is 18.4. The van der Waals surface area contributed by atoms with E-state index in [1.165, 1.54) is 10.9 Å². The zero-order valence-electron chi connectivity index (χ0n) is 11.2. The van der Waals surface area contributed by atoms with Gasteiger partial charge in [-0.1, -0.05) is 0 Å². The molecule has 7 heteroatoms. The van der Waals surface area contributed by atoms with E-state index in [0.29, 0.717) is 10.2 Å². The van der Waals surface area contributed by atoms with Crippen molar-refractivity contribution in [2.24, 2.45) is 0 Å². The fraction of sp³-hybridized carbons (Fsp3) is 0.286. The number of nitrogens with one attached hydrogen (secondary N) is 1. The van der Waals surface area contributed by atoms with E-state index >= 15 is 0 Å². The van der Waals surface area contributed by atoms with Crippen LogP contribution in [0.1, 0.15) is 29.3 Å². The lowest BCUT2D eigenvalue weighted by Gasteiger charge is -2.23. The molecule has 0 saturated heterocycles. The molecule has 0 saturated carbocycles. The highest BCUT2D eigenvalue weighted by atomic mass is 79.9. The van der Waals surface area contributed by atoms with Crippen LogP contribution in [0.2, 0.25) is 0 Å². The number of thiophene rings is 1. The fourth-order valence-electron chi connectivity index (χ4n) is 2.59. The van der Waals surface area contributed by atoms with Gasteiger partial charge in [-0.05, 0) is 70.4 Å². The van der Waals surface area contributed by atoms with E-state index in [9.17, 15) is 8.42 Å². The van der Waals surface area contributed by atoms with Crippen molar-refractivity contribution >= 4 is 43.0 Å². The molecule has 3 rings (SSSR count). The van der Waals surface area contributed by atoms with Crippen molar-refractivity contribution in [2.75, 3.05) is 5.73 Å². The van der Waals surface area contributed by atoms with Crippen LogP contribution in [0.3, 0.4) is 0 Å². The highest BCUT2D eigenvalue weighted by molar-refractivity contribution is 9.10. The highest BCUT2D eigenvalue weighted by Gasteiger charge is 2.27. The van der Waals surface area contributed by atoms with E-state index in [0.717, 1.165) is 24.8 Å². The Balaban J connectivity index is 1.93. The minimum absolute atomic E-state index is 0.154. The van der Waals surface area contributed by atoms with Gasteiger partial charge < -0.3 is 5.73 Å². The van der Waals surface area contributed by atoms with E-state index < -0.39 is 10.0 Å². The molecule has 0 spiro atoms. The lowest BCUT2D eigenvalue weighted by molar-refractivity contribution is 0.511. The van der Waals surface area contributed by atoms with Gasteiger partial charge in [0.2, 0.25) is 10.0 Å². The molecule has 1 unspecified atom stereocenters. The van der Waals surface area contributed by atoms with Crippen molar-refractivity contribution in [3.63, 3.8) is 0 Å². The van der Waals surface area contributed by atoms with Crippen LogP contribution < -0.4 is 10.5 Å². The molecule has 1 aromatic heterocycles. The number of hydrogen-bond acceptors (Lipinski definition) is 4. The zero-order valence-corrected chi connectivity index (χ0v) is 14.4. The molecule has 0 bridgehead atoms. The Hall–Kier alpha value is -0.890. The molecule has 3 N–H and O–H groups in total. The van der Waals surface area contributed by atoms with Crippen molar-refractivity contribution in [1.82, 2.24) is 4.72 Å². The maximum atomic E-state index is 12.6. The molecule has 1 aliphatic carbocycles. The molecule has 112 valence electrons. The lowest BCUT2D eigenvalue weighted by atomic mass is 9.95. The van der Waals surface area contributed by atoms with E-state index in [1.807, 2.05) is 11.4 Å². The van der Waals surface area contributed by atoms with Gasteiger partial charge in [-0.25, -0.2) is 13.1 Å². The van der Waals surface area contributed by atoms with Crippen molar-refractivity contribution in [1.29, 1.82) is 0 Å². The van der Waals surface area contributed by atoms with Gasteiger partial charge >= 0.3 is 0 Å². The van der Waals surface area contributed by atoms with Gasteiger partial charge in [-0.2, -0.15) is 0 Å². The van der Waals surface area contributed by atoms with E-state index in [4.69, 9.17) is 5.73 Å². The number of aryl methyl sites for hydroxylation is 1. The molecule has 4 nitrogen and oxygen atoms in total. The quantitative estimate of drug-likeness (QED) is 0.793. The SMILES string of the molecule is Nc1ccc(Br)c(S(=O)(=O)NC2CCCc3sccc32)c1. The molecule has 1 aliphatic rings. The highest BCUT2D eigenvalue weighted by Crippen LogP contribution is 2.35. The predicted octanol–water partition coefficient (Wildman–Crippen LogP) is 3.45. The van der Waals surface area contributed by atoms with Gasteiger partial charge in [0.1, 0.15) is 0 Å². The molecule has 21 heavy (non-hydrogen) atoms. The maximum absolute atomic E-state index is 12.6. The van der Waals surface area contributed by atoms with Gasteiger partial charge in [-0.3, -0.25) is 0 Å². The van der Waals surface area contributed by atoms with E-state index in [2.05, 4.69) is 20.7 Å². The molecule has 1 heterocycles. The monoisotopic (exact) mass is 386 g/mol. The van der Waals surface area contributed by atoms with Crippen LogP contribution in [0.25, 0.3) is 0 Å². The molecule has 0 aliphatic heterocycles. The van der Waals surface area contributed by atoms with Crippen LogP contribution in [-0.2, 0) is 16.4 Å². The second kappa shape index (κ2) is 5.72. The van der Waals surface area contributed by atoms with Crippen LogP contribution in [0, 0.1) is 0 Å². The Kier molecular flexibility index (Phi) is 4.09. The minimum Gasteiger partial charge on any atom is -0.399 e. The number of rotatable bonds is 3. The standard InChI is InChI=1S/C14H15BrN2O2S2/c15-11-5-4-9(16)8-14(11)21(18,19)17-12-2-1-3-13-10(12)6-7-20-13/h4-8,12,17H,1-3,16H2. The molecular weight excluding hydrogens is 372 g/mol. The van der Waals surface area contributed by atoms with Crippen LogP contribution >= 0.6 is 27.3 Å². The summed E-state index contributed by atoms with van der Waals surface area (Å²) in [5, 5.41) is 2.02. The van der Waals surface area contributed by atoms with Crippen LogP contribution in [0.15, 0.2) is 39.0 Å². The summed E-state index contributed by atoms with van der Waals surface area (Å²) in [6.45, 7) is 0. The van der Waals surface area contributed by atoms with Crippen molar-refractivity contribution < 1.29 is 8.42 Å². The first-order chi connectivity index (χ1) is 9.97. The molecule has 1 atom stereocenters. The van der Waals surface area contributed by atoms with Crippen molar-refractivity contribution in [2.45, 2.75) is 30.2 Å². The van der Waals surface area contributed by atoms with E-state index in [-0.39, 0.29) is 10.9 Å². The lowest BCUT2D eigenvalue weighted by Crippen LogP contribution is -2.30. The summed E-state index contributed by atoms with van der Waals surface area (Å²) in [7, 11) is -3.61. The summed E-state index contributed by atoms with van der Waals surface area (Å²) in [6, 6.07) is 6.66. The van der Waals surface area contributed by atoms with Gasteiger partial charge in [0.15, 0.2) is 0 Å². The average molecular weight is 387 g/mol. The summed E-state index contributed by atoms with van der Waals surface area (Å²) < 4.78 is 28.6. The Morgan fingerprint density at radius 3 is 2.95 bits per heavy atom. The third-order valence-corrected chi connectivity index (χ3v) is 7.06. The topological polar surface area (TPSA) is 72.2 Å². The first kappa shape index (κ1) is 15.0. The van der Waals surface area contributed by atoms with Crippen molar-refractivity contribution in [3.05, 3.63) is 44.6 Å². The van der Waals surface area contributed by atoms with Crippen LogP contribution in [0.5, 0.6) is 0 Å². The van der Waals surface area contributed by atoms with Crippen molar-refractivity contribution in [3.8, 4) is 0 Å². The Bertz CT molecular complexity index is 771. The molecule has 0 radical (unpaired) electrons. The summed E-state index contributed by atoms with van der Waals surface area (Å²) >= 11 is 4.98. The smallest absolute Gasteiger partial charge is 0.242 e.